The maximum atomic E-state index is 13.2. The van der Waals surface area contributed by atoms with Crippen molar-refractivity contribution in [3.63, 3.8) is 0 Å². The summed E-state index contributed by atoms with van der Waals surface area (Å²) in [6.07, 6.45) is 0.167. The number of anilines is 1. The molecule has 0 aliphatic heterocycles. The molecule has 2 N–H and O–H groups in total. The van der Waals surface area contributed by atoms with Crippen molar-refractivity contribution in [3.05, 3.63) is 88.9 Å². The van der Waals surface area contributed by atoms with Gasteiger partial charge in [-0.2, -0.15) is 4.72 Å². The number of hydrogen-bond acceptors (Lipinski definition) is 4. The molecule has 0 radical (unpaired) electrons. The first-order valence-electron chi connectivity index (χ1n) is 9.56. The second-order valence-electron chi connectivity index (χ2n) is 6.96. The Balaban J connectivity index is 1.93. The van der Waals surface area contributed by atoms with Crippen LogP contribution in [0.3, 0.4) is 0 Å². The third kappa shape index (κ3) is 5.85. The third-order valence-electron chi connectivity index (χ3n) is 4.71. The van der Waals surface area contributed by atoms with Gasteiger partial charge in [0.1, 0.15) is 16.7 Å². The Bertz CT molecular complexity index is 1170. The average molecular weight is 459 g/mol. The minimum Gasteiger partial charge on any atom is -0.495 e. The number of nitrogens with one attached hydrogen (secondary N) is 2. The van der Waals surface area contributed by atoms with Gasteiger partial charge in [0.05, 0.1) is 7.11 Å². The molecule has 1 amide bonds. The number of methoxy groups -OCH3 is 1. The van der Waals surface area contributed by atoms with Crippen molar-refractivity contribution in [2.45, 2.75) is 24.3 Å². The molecule has 0 aliphatic carbocycles. The maximum Gasteiger partial charge on any atom is 0.245 e. The summed E-state index contributed by atoms with van der Waals surface area (Å²) < 4.78 is 34.0. The number of ether oxygens (including phenoxy) is 1. The van der Waals surface area contributed by atoms with E-state index >= 15 is 0 Å². The highest BCUT2D eigenvalue weighted by atomic mass is 35.5. The van der Waals surface area contributed by atoms with Crippen LogP contribution in [0, 0.1) is 6.92 Å². The van der Waals surface area contributed by atoms with Gasteiger partial charge in [-0.3, -0.25) is 4.79 Å². The normalized spacial score (nSPS) is 12.2. The lowest BCUT2D eigenvalue weighted by Crippen LogP contribution is -2.45. The third-order valence-corrected chi connectivity index (χ3v) is 6.44. The van der Waals surface area contributed by atoms with E-state index in [4.69, 9.17) is 16.3 Å². The van der Waals surface area contributed by atoms with E-state index in [2.05, 4.69) is 10.0 Å². The van der Waals surface area contributed by atoms with Crippen LogP contribution in [0.15, 0.2) is 77.7 Å². The molecule has 6 nitrogen and oxygen atoms in total. The molecule has 0 bridgehead atoms. The van der Waals surface area contributed by atoms with Gasteiger partial charge >= 0.3 is 0 Å². The molecule has 3 rings (SSSR count). The summed E-state index contributed by atoms with van der Waals surface area (Å²) in [6.45, 7) is 1.86. The zero-order valence-electron chi connectivity index (χ0n) is 17.1. The van der Waals surface area contributed by atoms with Crippen LogP contribution < -0.4 is 14.8 Å². The molecule has 8 heteroatoms. The Morgan fingerprint density at radius 2 is 1.71 bits per heavy atom. The van der Waals surface area contributed by atoms with Gasteiger partial charge < -0.3 is 10.1 Å². The van der Waals surface area contributed by atoms with E-state index < -0.39 is 22.0 Å². The smallest absolute Gasteiger partial charge is 0.245 e. The minimum atomic E-state index is -4.11. The van der Waals surface area contributed by atoms with Crippen molar-refractivity contribution >= 4 is 33.2 Å². The zero-order valence-corrected chi connectivity index (χ0v) is 18.7. The highest BCUT2D eigenvalue weighted by molar-refractivity contribution is 7.89. The number of amides is 1. The molecular formula is C23H23ClN2O4S. The van der Waals surface area contributed by atoms with Gasteiger partial charge in [0, 0.05) is 10.7 Å². The van der Waals surface area contributed by atoms with Crippen molar-refractivity contribution in [3.8, 4) is 5.75 Å². The van der Waals surface area contributed by atoms with Gasteiger partial charge in [0.2, 0.25) is 15.9 Å². The van der Waals surface area contributed by atoms with Crippen LogP contribution in [-0.2, 0) is 21.2 Å². The van der Waals surface area contributed by atoms with E-state index in [1.165, 1.54) is 25.3 Å². The molecule has 1 atom stereocenters. The van der Waals surface area contributed by atoms with Crippen molar-refractivity contribution in [1.82, 2.24) is 4.72 Å². The monoisotopic (exact) mass is 458 g/mol. The van der Waals surface area contributed by atoms with E-state index in [-0.39, 0.29) is 22.1 Å². The highest BCUT2D eigenvalue weighted by Gasteiger charge is 2.28. The first-order valence-corrected chi connectivity index (χ1v) is 11.4. The molecule has 0 aromatic heterocycles. The second kappa shape index (κ2) is 9.96. The molecule has 0 fully saturated rings. The standard InChI is InChI=1S/C23H23ClN2O4S/c1-16-8-6-7-11-19(16)25-23(27)20(14-17-9-4-3-5-10-17)26-31(28,29)22-15-18(24)12-13-21(22)30-2/h3-13,15,20,26H,14H2,1-2H3,(H,25,27)/t20-/m0/s1. The molecule has 162 valence electrons. The molecule has 0 unspecified atom stereocenters. The molecule has 0 spiro atoms. The van der Waals surface area contributed by atoms with Crippen LogP contribution in [0.4, 0.5) is 5.69 Å². The summed E-state index contributed by atoms with van der Waals surface area (Å²) in [6, 6.07) is 19.7. The Hall–Kier alpha value is -2.87. The number of carbonyl (C=O) groups is 1. The van der Waals surface area contributed by atoms with Gasteiger partial charge in [0.25, 0.3) is 0 Å². The lowest BCUT2D eigenvalue weighted by Gasteiger charge is -2.20. The molecule has 31 heavy (non-hydrogen) atoms. The topological polar surface area (TPSA) is 84.5 Å². The fraction of sp³-hybridized carbons (Fsp3) is 0.174. The van der Waals surface area contributed by atoms with Crippen LogP contribution in [0.25, 0.3) is 0 Å². The lowest BCUT2D eigenvalue weighted by molar-refractivity contribution is -0.117. The van der Waals surface area contributed by atoms with Gasteiger partial charge in [-0.1, -0.05) is 60.1 Å². The number of halogens is 1. The largest absolute Gasteiger partial charge is 0.495 e. The van der Waals surface area contributed by atoms with E-state index in [1.807, 2.05) is 49.4 Å². The predicted octanol–water partition coefficient (Wildman–Crippen LogP) is 4.19. The SMILES string of the molecule is COc1ccc(Cl)cc1S(=O)(=O)N[C@@H](Cc1ccccc1)C(=O)Nc1ccccc1C. The summed E-state index contributed by atoms with van der Waals surface area (Å²) in [5, 5.41) is 3.06. The van der Waals surface area contributed by atoms with Gasteiger partial charge in [-0.05, 0) is 48.7 Å². The van der Waals surface area contributed by atoms with Crippen LogP contribution in [-0.4, -0.2) is 27.5 Å². The summed E-state index contributed by atoms with van der Waals surface area (Å²) in [7, 11) is -2.74. The van der Waals surface area contributed by atoms with Crippen LogP contribution in [0.1, 0.15) is 11.1 Å². The number of carbonyl (C=O) groups excluding carboxylic acids is 1. The van der Waals surface area contributed by atoms with Crippen LogP contribution in [0.5, 0.6) is 5.75 Å². The lowest BCUT2D eigenvalue weighted by atomic mass is 10.1. The summed E-state index contributed by atoms with van der Waals surface area (Å²) in [5.41, 5.74) is 2.30. The molecule has 0 heterocycles. The summed E-state index contributed by atoms with van der Waals surface area (Å²) >= 11 is 6.01. The zero-order chi connectivity index (χ0) is 22.4. The highest BCUT2D eigenvalue weighted by Crippen LogP contribution is 2.27. The molecule has 0 saturated heterocycles. The molecule has 3 aromatic carbocycles. The Labute approximate surface area is 187 Å². The Kier molecular flexibility index (Phi) is 7.33. The number of sulfonamides is 1. The fourth-order valence-electron chi connectivity index (χ4n) is 3.08. The maximum absolute atomic E-state index is 13.2. The van der Waals surface area contributed by atoms with E-state index in [0.717, 1.165) is 11.1 Å². The van der Waals surface area contributed by atoms with Crippen LogP contribution in [0.2, 0.25) is 5.02 Å². The number of rotatable bonds is 8. The molecule has 0 saturated carbocycles. The summed E-state index contributed by atoms with van der Waals surface area (Å²) in [5.74, 6) is -0.336. The number of benzene rings is 3. The van der Waals surface area contributed by atoms with Gasteiger partial charge in [-0.25, -0.2) is 8.42 Å². The van der Waals surface area contributed by atoms with Crippen molar-refractivity contribution in [1.29, 1.82) is 0 Å². The number of aryl methyl sites for hydroxylation is 1. The van der Waals surface area contributed by atoms with E-state index in [9.17, 15) is 13.2 Å². The van der Waals surface area contributed by atoms with Crippen molar-refractivity contribution < 1.29 is 17.9 Å². The van der Waals surface area contributed by atoms with Gasteiger partial charge in [-0.15, -0.1) is 0 Å². The number of para-hydroxylation sites is 1. The first kappa shape index (κ1) is 22.8. The Morgan fingerprint density at radius 1 is 1.03 bits per heavy atom. The first-order chi connectivity index (χ1) is 14.8. The summed E-state index contributed by atoms with van der Waals surface area (Å²) in [4.78, 5) is 13.0. The second-order valence-corrected chi connectivity index (χ2v) is 9.08. The number of hydrogen-bond donors (Lipinski definition) is 2. The van der Waals surface area contributed by atoms with Crippen molar-refractivity contribution in [2.75, 3.05) is 12.4 Å². The quantitative estimate of drug-likeness (QED) is 0.530. The fourth-order valence-corrected chi connectivity index (χ4v) is 4.71. The molecule has 0 aliphatic rings. The Morgan fingerprint density at radius 3 is 2.39 bits per heavy atom. The minimum absolute atomic E-state index is 0.134. The van der Waals surface area contributed by atoms with Gasteiger partial charge in [0.15, 0.2) is 0 Å². The molecule has 3 aromatic rings. The van der Waals surface area contributed by atoms with E-state index in [1.54, 1.807) is 12.1 Å². The molecular weight excluding hydrogens is 436 g/mol. The van der Waals surface area contributed by atoms with E-state index in [0.29, 0.717) is 5.69 Å². The predicted molar refractivity (Wildman–Crippen MR) is 122 cm³/mol. The van der Waals surface area contributed by atoms with Crippen molar-refractivity contribution in [2.24, 2.45) is 0 Å². The average Bonchev–Trinajstić information content (AvgIpc) is 2.75. The van der Waals surface area contributed by atoms with Crippen LogP contribution >= 0.6 is 11.6 Å².